The highest BCUT2D eigenvalue weighted by molar-refractivity contribution is 6.12. The first-order chi connectivity index (χ1) is 14.5. The number of benzene rings is 3. The molecule has 2 aromatic heterocycles. The second-order valence-corrected chi connectivity index (χ2v) is 7.97. The second kappa shape index (κ2) is 6.96. The number of fused-ring (bicyclic) bond motifs is 3. The van der Waals surface area contributed by atoms with E-state index >= 15 is 0 Å². The van der Waals surface area contributed by atoms with Gasteiger partial charge in [0.25, 0.3) is 0 Å². The van der Waals surface area contributed by atoms with E-state index in [0.29, 0.717) is 0 Å². The molecule has 30 heavy (non-hydrogen) atoms. The van der Waals surface area contributed by atoms with Crippen molar-refractivity contribution in [3.8, 4) is 22.3 Å². The zero-order chi connectivity index (χ0) is 20.8. The smallest absolute Gasteiger partial charge is 0.0974 e. The van der Waals surface area contributed by atoms with Crippen LogP contribution in [0.3, 0.4) is 0 Å². The number of nitrogen functional groups attached to an aromatic ring is 1. The fraction of sp³-hybridized carbons (Fsp3) is 0.111. The van der Waals surface area contributed by atoms with E-state index in [1.807, 2.05) is 26.0 Å². The summed E-state index contributed by atoms with van der Waals surface area (Å²) < 4.78 is 0. The van der Waals surface area contributed by atoms with Gasteiger partial charge in [-0.1, -0.05) is 54.1 Å². The molecule has 0 saturated heterocycles. The van der Waals surface area contributed by atoms with E-state index in [1.165, 1.54) is 16.7 Å². The van der Waals surface area contributed by atoms with Gasteiger partial charge in [0.15, 0.2) is 0 Å². The van der Waals surface area contributed by atoms with Crippen LogP contribution in [0.5, 0.6) is 0 Å². The highest BCUT2D eigenvalue weighted by Crippen LogP contribution is 2.36. The average molecular weight is 390 g/mol. The molecule has 5 rings (SSSR count). The van der Waals surface area contributed by atoms with Crippen LogP contribution in [0.2, 0.25) is 0 Å². The third-order valence-corrected chi connectivity index (χ3v) is 5.60. The van der Waals surface area contributed by atoms with Crippen molar-refractivity contribution >= 4 is 27.5 Å². The molecule has 3 heteroatoms. The molecular weight excluding hydrogens is 366 g/mol. The van der Waals surface area contributed by atoms with E-state index < -0.39 is 0 Å². The van der Waals surface area contributed by atoms with Gasteiger partial charge in [0.05, 0.1) is 11.0 Å². The molecule has 0 radical (unpaired) electrons. The Morgan fingerprint density at radius 1 is 0.567 bits per heavy atom. The van der Waals surface area contributed by atoms with E-state index in [-0.39, 0.29) is 0 Å². The van der Waals surface area contributed by atoms with Crippen LogP contribution in [0.4, 0.5) is 5.69 Å². The van der Waals surface area contributed by atoms with E-state index in [2.05, 4.69) is 67.6 Å². The monoisotopic (exact) mass is 389 g/mol. The molecule has 0 unspecified atom stereocenters. The first-order valence-corrected chi connectivity index (χ1v) is 10.1. The van der Waals surface area contributed by atoms with Crippen LogP contribution in [0.1, 0.15) is 17.0 Å². The van der Waals surface area contributed by atoms with Crippen LogP contribution in [-0.2, 0) is 0 Å². The number of anilines is 1. The van der Waals surface area contributed by atoms with Gasteiger partial charge in [-0.15, -0.1) is 0 Å². The summed E-state index contributed by atoms with van der Waals surface area (Å²) in [5, 5.41) is 2.23. The highest BCUT2D eigenvalue weighted by atomic mass is 14.8. The van der Waals surface area contributed by atoms with E-state index in [9.17, 15) is 0 Å². The van der Waals surface area contributed by atoms with Gasteiger partial charge in [0, 0.05) is 27.8 Å². The molecule has 5 aromatic rings. The van der Waals surface area contributed by atoms with E-state index in [4.69, 9.17) is 15.7 Å². The molecule has 0 amide bonds. The minimum Gasteiger partial charge on any atom is -0.399 e. The van der Waals surface area contributed by atoms with Crippen molar-refractivity contribution < 1.29 is 0 Å². The lowest BCUT2D eigenvalue weighted by Gasteiger charge is -2.13. The summed E-state index contributed by atoms with van der Waals surface area (Å²) in [6.07, 6.45) is 0. The number of nitrogens with zero attached hydrogens (tertiary/aromatic N) is 2. The van der Waals surface area contributed by atoms with Crippen LogP contribution in [-0.4, -0.2) is 9.97 Å². The van der Waals surface area contributed by atoms with Gasteiger partial charge in [-0.3, -0.25) is 9.97 Å². The minimum absolute atomic E-state index is 0.763. The number of rotatable bonds is 2. The SMILES string of the molecule is Cc1ccc(-c2cc(C)nc3c2ccc2c(-c4ccc(N)cc4)cc(C)nc23)cc1. The van der Waals surface area contributed by atoms with E-state index in [0.717, 1.165) is 50.0 Å². The van der Waals surface area contributed by atoms with Crippen molar-refractivity contribution in [3.05, 3.63) is 89.7 Å². The normalized spacial score (nSPS) is 11.3. The summed E-state index contributed by atoms with van der Waals surface area (Å²) in [6, 6.07) is 25.3. The summed E-state index contributed by atoms with van der Waals surface area (Å²) in [4.78, 5) is 9.83. The molecule has 0 fully saturated rings. The lowest BCUT2D eigenvalue weighted by Crippen LogP contribution is -1.95. The van der Waals surface area contributed by atoms with Crippen molar-refractivity contribution in [1.82, 2.24) is 9.97 Å². The average Bonchev–Trinajstić information content (AvgIpc) is 2.74. The van der Waals surface area contributed by atoms with Gasteiger partial charge < -0.3 is 5.73 Å². The standard InChI is InChI=1S/C27H23N3/c1-16-4-6-19(7-5-16)24-14-17(2)29-26-22(24)12-13-23-25(15-18(3)30-27(23)26)20-8-10-21(28)11-9-20/h4-15H,28H2,1-3H3. The van der Waals surface area contributed by atoms with Gasteiger partial charge in [-0.2, -0.15) is 0 Å². The second-order valence-electron chi connectivity index (χ2n) is 7.97. The number of nitrogens with two attached hydrogens (primary N) is 1. The predicted molar refractivity (Wildman–Crippen MR) is 127 cm³/mol. The summed E-state index contributed by atoms with van der Waals surface area (Å²) in [5.74, 6) is 0. The number of hydrogen-bond donors (Lipinski definition) is 1. The molecule has 0 aliphatic carbocycles. The Kier molecular flexibility index (Phi) is 4.25. The molecule has 2 N–H and O–H groups in total. The number of aryl methyl sites for hydroxylation is 3. The van der Waals surface area contributed by atoms with Gasteiger partial charge in [0.1, 0.15) is 0 Å². The Labute approximate surface area is 176 Å². The minimum atomic E-state index is 0.763. The summed E-state index contributed by atoms with van der Waals surface area (Å²) >= 11 is 0. The Hall–Kier alpha value is -3.72. The lowest BCUT2D eigenvalue weighted by atomic mass is 9.95. The summed E-state index contributed by atoms with van der Waals surface area (Å²) in [6.45, 7) is 6.20. The number of pyridine rings is 2. The molecule has 0 aliphatic heterocycles. The van der Waals surface area contributed by atoms with Gasteiger partial charge in [0.2, 0.25) is 0 Å². The van der Waals surface area contributed by atoms with Crippen molar-refractivity contribution in [3.63, 3.8) is 0 Å². The number of aromatic nitrogens is 2. The Balaban J connectivity index is 1.84. The molecule has 0 saturated carbocycles. The molecular formula is C27H23N3. The van der Waals surface area contributed by atoms with Crippen LogP contribution >= 0.6 is 0 Å². The van der Waals surface area contributed by atoms with Crippen LogP contribution in [0.25, 0.3) is 44.1 Å². The van der Waals surface area contributed by atoms with Crippen molar-refractivity contribution in [2.24, 2.45) is 0 Å². The Bertz CT molecular complexity index is 1290. The molecule has 146 valence electrons. The molecule has 0 spiro atoms. The Morgan fingerprint density at radius 2 is 1.00 bits per heavy atom. The number of hydrogen-bond acceptors (Lipinski definition) is 3. The zero-order valence-electron chi connectivity index (χ0n) is 17.4. The van der Waals surface area contributed by atoms with Gasteiger partial charge in [-0.25, -0.2) is 0 Å². The highest BCUT2D eigenvalue weighted by Gasteiger charge is 2.14. The largest absolute Gasteiger partial charge is 0.399 e. The predicted octanol–water partition coefficient (Wildman–Crippen LogP) is 6.62. The van der Waals surface area contributed by atoms with Crippen molar-refractivity contribution in [2.45, 2.75) is 20.8 Å². The van der Waals surface area contributed by atoms with Crippen LogP contribution < -0.4 is 5.73 Å². The van der Waals surface area contributed by atoms with Gasteiger partial charge >= 0.3 is 0 Å². The topological polar surface area (TPSA) is 51.8 Å². The fourth-order valence-corrected chi connectivity index (χ4v) is 4.10. The molecule has 3 aromatic carbocycles. The third kappa shape index (κ3) is 3.09. The quantitative estimate of drug-likeness (QED) is 0.272. The van der Waals surface area contributed by atoms with E-state index in [1.54, 1.807) is 0 Å². The molecule has 3 nitrogen and oxygen atoms in total. The maximum Gasteiger partial charge on any atom is 0.0974 e. The molecule has 2 heterocycles. The third-order valence-electron chi connectivity index (χ3n) is 5.60. The van der Waals surface area contributed by atoms with Crippen molar-refractivity contribution in [1.29, 1.82) is 0 Å². The lowest BCUT2D eigenvalue weighted by molar-refractivity contribution is 1.23. The van der Waals surface area contributed by atoms with Crippen LogP contribution in [0.15, 0.2) is 72.8 Å². The van der Waals surface area contributed by atoms with Crippen LogP contribution in [0, 0.1) is 20.8 Å². The summed E-state index contributed by atoms with van der Waals surface area (Å²) in [5.41, 5.74) is 16.4. The van der Waals surface area contributed by atoms with Gasteiger partial charge in [-0.05, 0) is 67.3 Å². The maximum absolute atomic E-state index is 5.90. The fourth-order valence-electron chi connectivity index (χ4n) is 4.10. The Morgan fingerprint density at radius 3 is 1.47 bits per heavy atom. The first-order valence-electron chi connectivity index (χ1n) is 10.1. The molecule has 0 atom stereocenters. The summed E-state index contributed by atoms with van der Waals surface area (Å²) in [7, 11) is 0. The first kappa shape index (κ1) is 18.3. The molecule has 0 aliphatic rings. The zero-order valence-corrected chi connectivity index (χ0v) is 17.4. The molecule has 0 bridgehead atoms. The maximum atomic E-state index is 5.90. The van der Waals surface area contributed by atoms with Crippen molar-refractivity contribution in [2.75, 3.05) is 5.73 Å².